The van der Waals surface area contributed by atoms with Gasteiger partial charge in [0.15, 0.2) is 17.3 Å². The summed E-state index contributed by atoms with van der Waals surface area (Å²) >= 11 is 5.84. The summed E-state index contributed by atoms with van der Waals surface area (Å²) in [7, 11) is 3.02. The number of fused-ring (bicyclic) bond motifs is 3. The van der Waals surface area contributed by atoms with Crippen LogP contribution in [-0.4, -0.2) is 31.4 Å². The van der Waals surface area contributed by atoms with Gasteiger partial charge in [0, 0.05) is 19.1 Å². The Labute approximate surface area is 146 Å². The molecule has 130 valence electrons. The topological polar surface area (TPSA) is 80.3 Å². The molecule has 3 aromatic rings. The molecule has 0 spiro atoms. The van der Waals surface area contributed by atoms with E-state index in [0.717, 1.165) is 4.57 Å². The van der Waals surface area contributed by atoms with Crippen molar-refractivity contribution in [2.45, 2.75) is 12.6 Å². The second-order valence-electron chi connectivity index (χ2n) is 5.89. The third-order valence-corrected chi connectivity index (χ3v) is 4.47. The van der Waals surface area contributed by atoms with Crippen molar-refractivity contribution < 1.29 is 9.47 Å². The smallest absolute Gasteiger partial charge is 0.332 e. The molecule has 9 heteroatoms. The Hall–Kier alpha value is -2.74. The maximum Gasteiger partial charge on any atom is 0.332 e. The van der Waals surface area contributed by atoms with Crippen LogP contribution in [0.4, 0.5) is 0 Å². The fourth-order valence-electron chi connectivity index (χ4n) is 2.88. The Balaban J connectivity index is 1.60. The first-order chi connectivity index (χ1) is 12.0. The minimum atomic E-state index is -0.420. The van der Waals surface area contributed by atoms with E-state index in [1.807, 2.05) is 0 Å². The van der Waals surface area contributed by atoms with Crippen LogP contribution in [0, 0.1) is 0 Å². The van der Waals surface area contributed by atoms with Gasteiger partial charge in [-0.1, -0.05) is 11.6 Å². The van der Waals surface area contributed by atoms with E-state index in [2.05, 4.69) is 4.98 Å². The van der Waals surface area contributed by atoms with Crippen LogP contribution >= 0.6 is 11.6 Å². The van der Waals surface area contributed by atoms with Crippen LogP contribution in [0.3, 0.4) is 0 Å². The standard InChI is InChI=1S/C16H15ClN4O4/c1-19-13-12(14(22)20(2)16(19)23)21-7-11(25-15(21)18-13)8-24-10-5-3-9(17)4-6-10/h3-6,11H,7-8H2,1-2H3. The number of nitrogens with zero attached hydrogens (tertiary/aromatic N) is 4. The fourth-order valence-corrected chi connectivity index (χ4v) is 3.01. The van der Waals surface area contributed by atoms with Gasteiger partial charge in [-0.15, -0.1) is 0 Å². The molecule has 0 saturated carbocycles. The molecule has 0 aliphatic carbocycles. The molecule has 0 N–H and O–H groups in total. The van der Waals surface area contributed by atoms with Gasteiger partial charge in [-0.3, -0.25) is 18.5 Å². The van der Waals surface area contributed by atoms with E-state index in [-0.39, 0.29) is 11.7 Å². The molecule has 1 aliphatic heterocycles. The summed E-state index contributed by atoms with van der Waals surface area (Å²) in [4.78, 5) is 28.7. The van der Waals surface area contributed by atoms with Crippen LogP contribution < -0.4 is 20.7 Å². The van der Waals surface area contributed by atoms with Crippen LogP contribution in [0.5, 0.6) is 11.8 Å². The van der Waals surface area contributed by atoms with Crippen molar-refractivity contribution in [3.05, 3.63) is 50.1 Å². The van der Waals surface area contributed by atoms with Crippen molar-refractivity contribution in [3.8, 4) is 11.8 Å². The fraction of sp³-hybridized carbons (Fsp3) is 0.312. The largest absolute Gasteiger partial charge is 0.490 e. The maximum atomic E-state index is 12.4. The molecule has 8 nitrogen and oxygen atoms in total. The molecule has 1 aliphatic rings. The predicted molar refractivity (Wildman–Crippen MR) is 91.6 cm³/mol. The first-order valence-electron chi connectivity index (χ1n) is 7.67. The highest BCUT2D eigenvalue weighted by Gasteiger charge is 2.30. The van der Waals surface area contributed by atoms with Crippen LogP contribution in [0.1, 0.15) is 0 Å². The Morgan fingerprint density at radius 1 is 1.24 bits per heavy atom. The first kappa shape index (κ1) is 15.8. The van der Waals surface area contributed by atoms with Gasteiger partial charge in [-0.25, -0.2) is 4.79 Å². The number of hydrogen-bond donors (Lipinski definition) is 0. The number of benzene rings is 1. The van der Waals surface area contributed by atoms with Crippen LogP contribution in [0.2, 0.25) is 5.02 Å². The molecular formula is C16H15ClN4O4. The van der Waals surface area contributed by atoms with Crippen molar-refractivity contribution in [2.75, 3.05) is 6.61 Å². The Morgan fingerprint density at radius 3 is 2.68 bits per heavy atom. The average Bonchev–Trinajstić information content (AvgIpc) is 3.15. The highest BCUT2D eigenvalue weighted by Crippen LogP contribution is 2.26. The Kier molecular flexibility index (Phi) is 3.57. The van der Waals surface area contributed by atoms with Crippen molar-refractivity contribution in [1.82, 2.24) is 18.7 Å². The normalized spacial score (nSPS) is 16.0. The summed E-state index contributed by atoms with van der Waals surface area (Å²) in [5.41, 5.74) is -0.134. The molecule has 4 rings (SSSR count). The molecule has 0 saturated heterocycles. The monoisotopic (exact) mass is 362 g/mol. The van der Waals surface area contributed by atoms with Gasteiger partial charge in [0.25, 0.3) is 11.6 Å². The number of ether oxygens (including phenoxy) is 2. The maximum absolute atomic E-state index is 12.4. The third-order valence-electron chi connectivity index (χ3n) is 4.22. The lowest BCUT2D eigenvalue weighted by Crippen LogP contribution is -2.37. The average molecular weight is 363 g/mol. The van der Waals surface area contributed by atoms with E-state index in [0.29, 0.717) is 41.1 Å². The molecule has 1 aromatic carbocycles. The summed E-state index contributed by atoms with van der Waals surface area (Å²) in [6, 6.07) is 7.36. The second-order valence-corrected chi connectivity index (χ2v) is 6.32. The van der Waals surface area contributed by atoms with E-state index in [9.17, 15) is 9.59 Å². The van der Waals surface area contributed by atoms with Crippen molar-refractivity contribution in [1.29, 1.82) is 0 Å². The van der Waals surface area contributed by atoms with Crippen LogP contribution in [0.25, 0.3) is 11.2 Å². The molecule has 0 radical (unpaired) electrons. The number of rotatable bonds is 3. The third kappa shape index (κ3) is 2.49. The molecule has 0 fully saturated rings. The van der Waals surface area contributed by atoms with E-state index in [1.54, 1.807) is 35.9 Å². The van der Waals surface area contributed by atoms with Gasteiger partial charge < -0.3 is 9.47 Å². The number of imidazole rings is 1. The molecular weight excluding hydrogens is 348 g/mol. The van der Waals surface area contributed by atoms with Crippen molar-refractivity contribution in [3.63, 3.8) is 0 Å². The van der Waals surface area contributed by atoms with Gasteiger partial charge in [0.05, 0.1) is 6.54 Å². The zero-order chi connectivity index (χ0) is 17.7. The van der Waals surface area contributed by atoms with E-state index in [4.69, 9.17) is 21.1 Å². The lowest BCUT2D eigenvalue weighted by Gasteiger charge is -2.12. The highest BCUT2D eigenvalue weighted by atomic mass is 35.5. The van der Waals surface area contributed by atoms with E-state index in [1.165, 1.54) is 11.6 Å². The van der Waals surface area contributed by atoms with Crippen molar-refractivity contribution >= 4 is 22.8 Å². The lowest BCUT2D eigenvalue weighted by molar-refractivity contribution is 0.144. The quantitative estimate of drug-likeness (QED) is 0.692. The summed E-state index contributed by atoms with van der Waals surface area (Å²) in [6.07, 6.45) is -0.274. The van der Waals surface area contributed by atoms with E-state index < -0.39 is 5.69 Å². The lowest BCUT2D eigenvalue weighted by atomic mass is 10.3. The summed E-state index contributed by atoms with van der Waals surface area (Å²) < 4.78 is 15.5. The van der Waals surface area contributed by atoms with E-state index >= 15 is 0 Å². The zero-order valence-electron chi connectivity index (χ0n) is 13.6. The minimum absolute atomic E-state index is 0.274. The summed E-state index contributed by atoms with van der Waals surface area (Å²) in [6.45, 7) is 0.728. The van der Waals surface area contributed by atoms with Gasteiger partial charge in [-0.05, 0) is 24.3 Å². The SMILES string of the molecule is Cn1c(=O)c2c(nc3n2CC(COc2ccc(Cl)cc2)O3)n(C)c1=O. The van der Waals surface area contributed by atoms with Crippen LogP contribution in [0.15, 0.2) is 33.9 Å². The number of aromatic nitrogens is 4. The zero-order valence-corrected chi connectivity index (χ0v) is 14.4. The number of halogens is 1. The molecule has 25 heavy (non-hydrogen) atoms. The molecule has 1 atom stereocenters. The molecule has 0 bridgehead atoms. The molecule has 2 aromatic heterocycles. The van der Waals surface area contributed by atoms with Gasteiger partial charge in [-0.2, -0.15) is 4.98 Å². The van der Waals surface area contributed by atoms with Gasteiger partial charge in [0.2, 0.25) is 0 Å². The van der Waals surface area contributed by atoms with Crippen LogP contribution in [-0.2, 0) is 20.6 Å². The Bertz CT molecular complexity index is 1080. The summed E-state index contributed by atoms with van der Waals surface area (Å²) in [5, 5.41) is 0.637. The minimum Gasteiger partial charge on any atom is -0.490 e. The molecule has 1 unspecified atom stereocenters. The van der Waals surface area contributed by atoms with Gasteiger partial charge in [0.1, 0.15) is 12.4 Å². The highest BCUT2D eigenvalue weighted by molar-refractivity contribution is 6.30. The molecule has 0 amide bonds. The number of hydrogen-bond acceptors (Lipinski definition) is 5. The first-order valence-corrected chi connectivity index (χ1v) is 8.05. The number of aryl methyl sites for hydroxylation is 1. The van der Waals surface area contributed by atoms with Crippen molar-refractivity contribution in [2.24, 2.45) is 14.1 Å². The second kappa shape index (κ2) is 5.66. The van der Waals surface area contributed by atoms with Gasteiger partial charge >= 0.3 is 5.69 Å². The summed E-state index contributed by atoms with van der Waals surface area (Å²) in [5.74, 6) is 0.681. The molecule has 3 heterocycles. The predicted octanol–water partition coefficient (Wildman–Crippen LogP) is 0.927. The Morgan fingerprint density at radius 2 is 1.96 bits per heavy atom.